The number of anilines is 2. The standard InChI is InChI=1S/C43H45N3O7S2/c1-28-12-22-38(23-13-28)55(50,51)46-39(24-31-8-5-4-6-9-31)42(49)45-36-11-7-10-34(25-36)43-52-40(27-54-37-20-18-35(19-21-37)44-30(3)48)29(2)41(53-43)33-16-14-32(26-47)15-17-33/h4-23,25,29,39-41,43,46-47H,24,26-27H2,1-3H3,(H,44,48)(H,45,49)/t29-,39+,40+,41+,43?/m0/s1. The SMILES string of the molecule is CC(=O)Nc1ccc(SC[C@H]2OC(c3cccc(NC(=O)[C@@H](Cc4ccccc4)NS(=O)(=O)c4ccc(C)cc4)c3)O[C@@H](c3ccc(CO)cc3)[C@H]2C)cc1. The van der Waals surface area contributed by atoms with Crippen molar-refractivity contribution in [1.29, 1.82) is 0 Å². The highest BCUT2D eigenvalue weighted by atomic mass is 32.2. The van der Waals surface area contributed by atoms with E-state index in [0.29, 0.717) is 17.0 Å². The summed E-state index contributed by atoms with van der Waals surface area (Å²) in [5.41, 5.74) is 5.31. The lowest BCUT2D eigenvalue weighted by Crippen LogP contribution is -2.45. The Labute approximate surface area is 326 Å². The number of sulfonamides is 1. The molecule has 5 aromatic rings. The number of amides is 2. The Hall–Kier alpha value is -4.82. The van der Waals surface area contributed by atoms with Crippen molar-refractivity contribution in [3.8, 4) is 0 Å². The van der Waals surface area contributed by atoms with Crippen molar-refractivity contribution in [1.82, 2.24) is 4.72 Å². The van der Waals surface area contributed by atoms with E-state index in [2.05, 4.69) is 22.3 Å². The Bertz CT molecular complexity index is 2170. The second kappa shape index (κ2) is 18.2. The fraction of sp³-hybridized carbons (Fsp3) is 0.256. The predicted octanol–water partition coefficient (Wildman–Crippen LogP) is 7.56. The molecule has 6 rings (SSSR count). The number of thioether (sulfide) groups is 1. The molecule has 4 N–H and O–H groups in total. The number of aliphatic hydroxyl groups is 1. The summed E-state index contributed by atoms with van der Waals surface area (Å²) in [5, 5.41) is 15.4. The molecule has 0 bridgehead atoms. The minimum Gasteiger partial charge on any atom is -0.392 e. The molecule has 5 atom stereocenters. The van der Waals surface area contributed by atoms with Crippen LogP contribution in [0.1, 0.15) is 54.1 Å². The fourth-order valence-electron chi connectivity index (χ4n) is 6.33. The zero-order valence-corrected chi connectivity index (χ0v) is 32.5. The van der Waals surface area contributed by atoms with E-state index in [0.717, 1.165) is 32.8 Å². The van der Waals surface area contributed by atoms with Crippen LogP contribution in [-0.4, -0.2) is 43.2 Å². The van der Waals surface area contributed by atoms with Crippen LogP contribution in [0.2, 0.25) is 0 Å². The van der Waals surface area contributed by atoms with E-state index in [-0.39, 0.29) is 42.0 Å². The number of aryl methyl sites for hydroxylation is 1. The number of aliphatic hydroxyl groups excluding tert-OH is 1. The van der Waals surface area contributed by atoms with E-state index in [1.165, 1.54) is 19.1 Å². The van der Waals surface area contributed by atoms with E-state index in [9.17, 15) is 23.1 Å². The van der Waals surface area contributed by atoms with Crippen LogP contribution in [-0.2, 0) is 42.1 Å². The molecule has 10 nitrogen and oxygen atoms in total. The predicted molar refractivity (Wildman–Crippen MR) is 215 cm³/mol. The van der Waals surface area contributed by atoms with Crippen molar-refractivity contribution in [2.45, 2.75) is 68.1 Å². The summed E-state index contributed by atoms with van der Waals surface area (Å²) in [6.45, 7) is 5.37. The van der Waals surface area contributed by atoms with E-state index < -0.39 is 28.3 Å². The molecule has 1 unspecified atom stereocenters. The Morgan fingerprint density at radius 1 is 0.782 bits per heavy atom. The van der Waals surface area contributed by atoms with E-state index >= 15 is 0 Å². The summed E-state index contributed by atoms with van der Waals surface area (Å²) in [6, 6.07) is 37.1. The van der Waals surface area contributed by atoms with Crippen LogP contribution in [0.5, 0.6) is 0 Å². The third-order valence-corrected chi connectivity index (χ3v) is 12.0. The van der Waals surface area contributed by atoms with Gasteiger partial charge in [0.05, 0.1) is 23.7 Å². The largest absolute Gasteiger partial charge is 0.392 e. The minimum atomic E-state index is -4.02. The van der Waals surface area contributed by atoms with Gasteiger partial charge in [-0.15, -0.1) is 11.8 Å². The van der Waals surface area contributed by atoms with Crippen molar-refractivity contribution in [3.05, 3.63) is 155 Å². The number of benzene rings is 5. The smallest absolute Gasteiger partial charge is 0.242 e. The second-order valence-corrected chi connectivity index (χ2v) is 16.4. The first-order chi connectivity index (χ1) is 26.5. The van der Waals surface area contributed by atoms with Crippen LogP contribution in [0.15, 0.2) is 137 Å². The number of nitrogens with one attached hydrogen (secondary N) is 3. The second-order valence-electron chi connectivity index (χ2n) is 13.6. The Kier molecular flexibility index (Phi) is 13.2. The third kappa shape index (κ3) is 10.7. The van der Waals surface area contributed by atoms with Crippen LogP contribution in [0, 0.1) is 12.8 Å². The van der Waals surface area contributed by atoms with Gasteiger partial charge >= 0.3 is 0 Å². The molecule has 2 amide bonds. The third-order valence-electron chi connectivity index (χ3n) is 9.37. The molecule has 1 heterocycles. The summed E-state index contributed by atoms with van der Waals surface area (Å²) in [6.07, 6.45) is -1.24. The number of hydrogen-bond acceptors (Lipinski definition) is 8. The van der Waals surface area contributed by atoms with Gasteiger partial charge in [0.2, 0.25) is 21.8 Å². The Balaban J connectivity index is 1.22. The highest BCUT2D eigenvalue weighted by Gasteiger charge is 2.38. The van der Waals surface area contributed by atoms with Gasteiger partial charge in [-0.1, -0.05) is 91.3 Å². The van der Waals surface area contributed by atoms with Crippen molar-refractivity contribution in [2.24, 2.45) is 5.92 Å². The molecule has 12 heteroatoms. The molecule has 55 heavy (non-hydrogen) atoms. The molecule has 0 aliphatic carbocycles. The maximum absolute atomic E-state index is 13.9. The molecule has 1 fully saturated rings. The van der Waals surface area contributed by atoms with Crippen LogP contribution in [0.25, 0.3) is 0 Å². The molecule has 1 aliphatic rings. The maximum Gasteiger partial charge on any atom is 0.242 e. The lowest BCUT2D eigenvalue weighted by Gasteiger charge is -2.41. The molecule has 0 saturated carbocycles. The van der Waals surface area contributed by atoms with Gasteiger partial charge in [0.1, 0.15) is 6.04 Å². The van der Waals surface area contributed by atoms with E-state index in [1.807, 2.05) is 91.9 Å². The number of carbonyl (C=O) groups excluding carboxylic acids is 2. The first-order valence-corrected chi connectivity index (χ1v) is 20.5. The summed E-state index contributed by atoms with van der Waals surface area (Å²) in [7, 11) is -4.02. The van der Waals surface area contributed by atoms with Crippen molar-refractivity contribution in [2.75, 3.05) is 16.4 Å². The zero-order chi connectivity index (χ0) is 39.0. The number of ether oxygens (including phenoxy) is 2. The van der Waals surface area contributed by atoms with Gasteiger partial charge in [-0.25, -0.2) is 8.42 Å². The average molecular weight is 780 g/mol. The fourth-order valence-corrected chi connectivity index (χ4v) is 8.59. The molecule has 0 spiro atoms. The highest BCUT2D eigenvalue weighted by Crippen LogP contribution is 2.43. The summed E-state index contributed by atoms with van der Waals surface area (Å²) in [5.74, 6) is -0.0842. The average Bonchev–Trinajstić information content (AvgIpc) is 3.18. The van der Waals surface area contributed by atoms with Gasteiger partial charge in [-0.2, -0.15) is 4.72 Å². The first-order valence-electron chi connectivity index (χ1n) is 18.0. The monoisotopic (exact) mass is 779 g/mol. The van der Waals surface area contributed by atoms with E-state index in [4.69, 9.17) is 9.47 Å². The number of carbonyl (C=O) groups is 2. The number of rotatable bonds is 14. The highest BCUT2D eigenvalue weighted by molar-refractivity contribution is 7.99. The van der Waals surface area contributed by atoms with Crippen LogP contribution < -0.4 is 15.4 Å². The summed E-state index contributed by atoms with van der Waals surface area (Å²) >= 11 is 1.64. The molecule has 286 valence electrons. The van der Waals surface area contributed by atoms with Gasteiger partial charge in [0.15, 0.2) is 6.29 Å². The lowest BCUT2D eigenvalue weighted by atomic mass is 9.91. The molecule has 1 saturated heterocycles. The van der Waals surface area contributed by atoms with Crippen LogP contribution in [0.4, 0.5) is 11.4 Å². The summed E-state index contributed by atoms with van der Waals surface area (Å²) in [4.78, 5) is 26.5. The molecule has 0 aromatic heterocycles. The minimum absolute atomic E-state index is 0.0504. The Morgan fingerprint density at radius 3 is 2.16 bits per heavy atom. The van der Waals surface area contributed by atoms with Gasteiger partial charge in [-0.3, -0.25) is 9.59 Å². The lowest BCUT2D eigenvalue weighted by molar-refractivity contribution is -0.268. The molecular formula is C43H45N3O7S2. The topological polar surface area (TPSA) is 143 Å². The zero-order valence-electron chi connectivity index (χ0n) is 30.8. The Morgan fingerprint density at radius 2 is 1.49 bits per heavy atom. The van der Waals surface area contributed by atoms with Crippen molar-refractivity contribution in [3.63, 3.8) is 0 Å². The van der Waals surface area contributed by atoms with Gasteiger partial charge in [0.25, 0.3) is 0 Å². The molecule has 1 aliphatic heterocycles. The quantitative estimate of drug-likeness (QED) is 0.0847. The van der Waals surface area contributed by atoms with Gasteiger partial charge in [-0.05, 0) is 78.6 Å². The van der Waals surface area contributed by atoms with Crippen LogP contribution in [0.3, 0.4) is 0 Å². The van der Waals surface area contributed by atoms with Crippen molar-refractivity contribution >= 4 is 45.0 Å². The van der Waals surface area contributed by atoms with E-state index in [1.54, 1.807) is 42.1 Å². The molecule has 0 radical (unpaired) electrons. The van der Waals surface area contributed by atoms with Gasteiger partial charge < -0.3 is 25.2 Å². The maximum atomic E-state index is 13.9. The normalized spacial score (nSPS) is 19.0. The van der Waals surface area contributed by atoms with Crippen molar-refractivity contribution < 1.29 is 32.6 Å². The first kappa shape index (κ1) is 39.9. The number of hydrogen-bond donors (Lipinski definition) is 4. The summed E-state index contributed by atoms with van der Waals surface area (Å²) < 4.78 is 42.8. The van der Waals surface area contributed by atoms with Crippen LogP contribution >= 0.6 is 11.8 Å². The molecular weight excluding hydrogens is 735 g/mol. The molecule has 5 aromatic carbocycles. The van der Waals surface area contributed by atoms with Gasteiger partial charge in [0, 0.05) is 40.4 Å².